The summed E-state index contributed by atoms with van der Waals surface area (Å²) in [6.45, 7) is 2.38. The molecule has 0 saturated heterocycles. The summed E-state index contributed by atoms with van der Waals surface area (Å²) in [5.41, 5.74) is 1.28. The van der Waals surface area contributed by atoms with Gasteiger partial charge in [-0.2, -0.15) is 0 Å². The van der Waals surface area contributed by atoms with Crippen LogP contribution in [0.4, 0.5) is 0 Å². The van der Waals surface area contributed by atoms with E-state index in [-0.39, 0.29) is 5.56 Å². The number of nitrogens with zero attached hydrogens (tertiary/aromatic N) is 2. The quantitative estimate of drug-likeness (QED) is 0.616. The Morgan fingerprint density at radius 3 is 3.00 bits per heavy atom. The summed E-state index contributed by atoms with van der Waals surface area (Å²) in [6.07, 6.45) is 4.21. The molecule has 0 radical (unpaired) electrons. The number of aromatic nitrogens is 2. The van der Waals surface area contributed by atoms with Crippen molar-refractivity contribution in [2.45, 2.75) is 13.5 Å². The Morgan fingerprint density at radius 2 is 2.21 bits per heavy atom. The van der Waals surface area contributed by atoms with Crippen LogP contribution in [0.5, 0.6) is 0 Å². The van der Waals surface area contributed by atoms with E-state index in [4.69, 9.17) is 4.74 Å². The Bertz CT molecular complexity index is 674. The molecule has 0 unspecified atom stereocenters. The van der Waals surface area contributed by atoms with Gasteiger partial charge in [-0.25, -0.2) is 9.78 Å². The number of hydrogen-bond acceptors (Lipinski definition) is 4. The molecule has 0 N–H and O–H groups in total. The molecule has 2 aromatic rings. The topological polar surface area (TPSA) is 61.2 Å². The van der Waals surface area contributed by atoms with Gasteiger partial charge in [0.05, 0.1) is 23.8 Å². The third-order valence-corrected chi connectivity index (χ3v) is 2.58. The fourth-order valence-electron chi connectivity index (χ4n) is 1.75. The van der Waals surface area contributed by atoms with Crippen LogP contribution >= 0.6 is 0 Å². The number of allylic oxidation sites excluding steroid dienone is 1. The number of benzene rings is 1. The molecular formula is C14H14N2O3. The van der Waals surface area contributed by atoms with Crippen molar-refractivity contribution in [3.63, 3.8) is 0 Å². The van der Waals surface area contributed by atoms with Crippen LogP contribution in [0.1, 0.15) is 6.92 Å². The van der Waals surface area contributed by atoms with Crippen molar-refractivity contribution in [3.05, 3.63) is 53.0 Å². The summed E-state index contributed by atoms with van der Waals surface area (Å²) in [5.74, 6) is -0.408. The van der Waals surface area contributed by atoms with Crippen molar-refractivity contribution >= 4 is 17.0 Å². The molecule has 98 valence electrons. The number of hydrogen-bond donors (Lipinski definition) is 0. The Morgan fingerprint density at radius 1 is 1.42 bits per heavy atom. The standard InChI is InChI=1S/C14H14N2O3/c1-2-19-14(18)8-5-9-16-12-7-4-3-6-11(12)15-10-13(16)17/h3-8,10H,2,9H2,1H3/b8-5+. The molecule has 19 heavy (non-hydrogen) atoms. The zero-order valence-electron chi connectivity index (χ0n) is 10.6. The molecule has 1 aromatic heterocycles. The maximum absolute atomic E-state index is 11.8. The molecular weight excluding hydrogens is 244 g/mol. The Hall–Kier alpha value is -2.43. The minimum Gasteiger partial charge on any atom is -0.463 e. The van der Waals surface area contributed by atoms with Gasteiger partial charge < -0.3 is 9.30 Å². The van der Waals surface area contributed by atoms with Crippen LogP contribution in [0.2, 0.25) is 0 Å². The van der Waals surface area contributed by atoms with Crippen molar-refractivity contribution in [2.75, 3.05) is 6.61 Å². The van der Waals surface area contributed by atoms with Gasteiger partial charge in [-0.1, -0.05) is 18.2 Å². The molecule has 0 bridgehead atoms. The van der Waals surface area contributed by atoms with E-state index >= 15 is 0 Å². The van der Waals surface area contributed by atoms with Crippen molar-refractivity contribution in [2.24, 2.45) is 0 Å². The first-order valence-corrected chi connectivity index (χ1v) is 6.00. The number of rotatable bonds is 4. The minimum absolute atomic E-state index is 0.202. The minimum atomic E-state index is -0.408. The van der Waals surface area contributed by atoms with E-state index in [0.29, 0.717) is 13.2 Å². The summed E-state index contributed by atoms with van der Waals surface area (Å²) in [6, 6.07) is 7.36. The van der Waals surface area contributed by atoms with Gasteiger partial charge in [0.2, 0.25) is 0 Å². The highest BCUT2D eigenvalue weighted by Crippen LogP contribution is 2.07. The van der Waals surface area contributed by atoms with Crippen LogP contribution in [-0.4, -0.2) is 22.1 Å². The Labute approximate surface area is 110 Å². The number of esters is 1. The lowest BCUT2D eigenvalue weighted by Crippen LogP contribution is -2.19. The van der Waals surface area contributed by atoms with E-state index in [9.17, 15) is 9.59 Å². The van der Waals surface area contributed by atoms with Crippen molar-refractivity contribution in [1.82, 2.24) is 9.55 Å². The van der Waals surface area contributed by atoms with Gasteiger partial charge in [-0.05, 0) is 19.1 Å². The first kappa shape index (κ1) is 13.0. The molecule has 0 amide bonds. The first-order chi connectivity index (χ1) is 9.22. The molecule has 0 aliphatic rings. The third kappa shape index (κ3) is 3.07. The smallest absolute Gasteiger partial charge is 0.330 e. The molecule has 0 aliphatic heterocycles. The van der Waals surface area contributed by atoms with E-state index in [1.54, 1.807) is 17.6 Å². The number of carbonyl (C=O) groups is 1. The fourth-order valence-corrected chi connectivity index (χ4v) is 1.75. The second-order valence-corrected chi connectivity index (χ2v) is 3.85. The van der Waals surface area contributed by atoms with E-state index < -0.39 is 5.97 Å². The van der Waals surface area contributed by atoms with Crippen LogP contribution in [-0.2, 0) is 16.1 Å². The summed E-state index contributed by atoms with van der Waals surface area (Å²) in [5, 5.41) is 0. The monoisotopic (exact) mass is 258 g/mol. The lowest BCUT2D eigenvalue weighted by molar-refractivity contribution is -0.137. The highest BCUT2D eigenvalue weighted by Gasteiger charge is 2.02. The van der Waals surface area contributed by atoms with E-state index in [1.807, 2.05) is 24.3 Å². The molecule has 0 aliphatic carbocycles. The second kappa shape index (κ2) is 5.95. The molecule has 0 fully saturated rings. The Kier molecular flexibility index (Phi) is 4.07. The van der Waals surface area contributed by atoms with Gasteiger partial charge in [0.15, 0.2) is 0 Å². The van der Waals surface area contributed by atoms with E-state index in [0.717, 1.165) is 11.0 Å². The van der Waals surface area contributed by atoms with Crippen LogP contribution in [0.25, 0.3) is 11.0 Å². The average Bonchev–Trinajstić information content (AvgIpc) is 2.41. The third-order valence-electron chi connectivity index (χ3n) is 2.58. The lowest BCUT2D eigenvalue weighted by atomic mass is 10.3. The van der Waals surface area contributed by atoms with Gasteiger partial charge in [-0.3, -0.25) is 4.79 Å². The highest BCUT2D eigenvalue weighted by molar-refractivity contribution is 5.81. The number of ether oxygens (including phenoxy) is 1. The van der Waals surface area contributed by atoms with Gasteiger partial charge in [0, 0.05) is 12.6 Å². The number of fused-ring (bicyclic) bond motifs is 1. The maximum Gasteiger partial charge on any atom is 0.330 e. The molecule has 0 saturated carbocycles. The zero-order chi connectivity index (χ0) is 13.7. The van der Waals surface area contributed by atoms with Crippen LogP contribution in [0.3, 0.4) is 0 Å². The van der Waals surface area contributed by atoms with Gasteiger partial charge in [0.25, 0.3) is 5.56 Å². The van der Waals surface area contributed by atoms with Gasteiger partial charge in [0.1, 0.15) is 0 Å². The highest BCUT2D eigenvalue weighted by atomic mass is 16.5. The summed E-state index contributed by atoms with van der Waals surface area (Å²) in [7, 11) is 0. The van der Waals surface area contributed by atoms with Gasteiger partial charge >= 0.3 is 5.97 Å². The summed E-state index contributed by atoms with van der Waals surface area (Å²) < 4.78 is 6.33. The number of para-hydroxylation sites is 2. The van der Waals surface area contributed by atoms with Crippen LogP contribution < -0.4 is 5.56 Å². The van der Waals surface area contributed by atoms with Gasteiger partial charge in [-0.15, -0.1) is 0 Å². The number of carbonyl (C=O) groups excluding carboxylic acids is 1. The largest absolute Gasteiger partial charge is 0.463 e. The van der Waals surface area contributed by atoms with Crippen molar-refractivity contribution in [3.8, 4) is 0 Å². The Balaban J connectivity index is 2.27. The van der Waals surface area contributed by atoms with E-state index in [2.05, 4.69) is 4.98 Å². The predicted octanol–water partition coefficient (Wildman–Crippen LogP) is 1.52. The molecule has 1 heterocycles. The molecule has 0 spiro atoms. The maximum atomic E-state index is 11.8. The van der Waals surface area contributed by atoms with Crippen LogP contribution in [0, 0.1) is 0 Å². The van der Waals surface area contributed by atoms with Crippen molar-refractivity contribution in [1.29, 1.82) is 0 Å². The summed E-state index contributed by atoms with van der Waals surface area (Å²) >= 11 is 0. The molecule has 0 atom stereocenters. The molecule has 2 rings (SSSR count). The van der Waals surface area contributed by atoms with E-state index in [1.165, 1.54) is 12.3 Å². The SMILES string of the molecule is CCOC(=O)/C=C/Cn1c(=O)cnc2ccccc21. The molecule has 5 heteroatoms. The fraction of sp³-hybridized carbons (Fsp3) is 0.214. The average molecular weight is 258 g/mol. The molecule has 5 nitrogen and oxygen atoms in total. The first-order valence-electron chi connectivity index (χ1n) is 6.00. The normalized spacial score (nSPS) is 11.0. The van der Waals surface area contributed by atoms with Crippen molar-refractivity contribution < 1.29 is 9.53 Å². The second-order valence-electron chi connectivity index (χ2n) is 3.85. The summed E-state index contributed by atoms with van der Waals surface area (Å²) in [4.78, 5) is 27.0. The van der Waals surface area contributed by atoms with Crippen LogP contribution in [0.15, 0.2) is 47.4 Å². The molecule has 1 aromatic carbocycles. The lowest BCUT2D eigenvalue weighted by Gasteiger charge is -2.06. The zero-order valence-corrected chi connectivity index (χ0v) is 10.6. The predicted molar refractivity (Wildman–Crippen MR) is 71.8 cm³/mol.